The van der Waals surface area contributed by atoms with Gasteiger partial charge in [0.15, 0.2) is 0 Å². The summed E-state index contributed by atoms with van der Waals surface area (Å²) in [6.45, 7) is 8.33. The summed E-state index contributed by atoms with van der Waals surface area (Å²) < 4.78 is 0. The first-order valence-electron chi connectivity index (χ1n) is 9.39. The van der Waals surface area contributed by atoms with Crippen LogP contribution in [-0.4, -0.2) is 35.2 Å². The van der Waals surface area contributed by atoms with E-state index in [0.29, 0.717) is 6.54 Å². The molecule has 138 valence electrons. The summed E-state index contributed by atoms with van der Waals surface area (Å²) in [6, 6.07) is 3.66. The molecule has 1 spiro atoms. The molecule has 0 unspecified atom stereocenters. The molecular weight excluding hydrogens is 330 g/mol. The summed E-state index contributed by atoms with van der Waals surface area (Å²) >= 11 is 0. The highest BCUT2D eigenvalue weighted by Crippen LogP contribution is 2.53. The van der Waals surface area contributed by atoms with Crippen molar-refractivity contribution >= 4 is 23.4 Å². The Morgan fingerprint density at radius 1 is 1.15 bits per heavy atom. The smallest absolute Gasteiger partial charge is 0.250 e. The summed E-state index contributed by atoms with van der Waals surface area (Å²) in [7, 11) is 0. The quantitative estimate of drug-likeness (QED) is 0.811. The normalized spacial score (nSPS) is 32.4. The highest BCUT2D eigenvalue weighted by Gasteiger charge is 2.69. The molecule has 4 atom stereocenters. The van der Waals surface area contributed by atoms with E-state index in [4.69, 9.17) is 0 Å². The molecule has 1 aromatic carbocycles. The number of benzene rings is 1. The topological polar surface area (TPSA) is 78.5 Å². The van der Waals surface area contributed by atoms with Gasteiger partial charge in [-0.25, -0.2) is 0 Å². The lowest BCUT2D eigenvalue weighted by molar-refractivity contribution is -0.142. The van der Waals surface area contributed by atoms with Crippen molar-refractivity contribution in [2.24, 2.45) is 11.8 Å². The highest BCUT2D eigenvalue weighted by molar-refractivity contribution is 6.15. The number of aryl methyl sites for hydroxylation is 1. The van der Waals surface area contributed by atoms with Crippen molar-refractivity contribution in [3.8, 4) is 0 Å². The van der Waals surface area contributed by atoms with Crippen LogP contribution < -0.4 is 10.6 Å². The van der Waals surface area contributed by atoms with Crippen LogP contribution in [0.2, 0.25) is 0 Å². The average molecular weight is 355 g/mol. The lowest BCUT2D eigenvalue weighted by Crippen LogP contribution is -2.52. The van der Waals surface area contributed by atoms with Crippen molar-refractivity contribution in [2.75, 3.05) is 11.9 Å². The molecule has 0 bridgehead atoms. The Kier molecular flexibility index (Phi) is 3.74. The van der Waals surface area contributed by atoms with Gasteiger partial charge in [-0.1, -0.05) is 25.5 Å². The molecule has 6 nitrogen and oxygen atoms in total. The maximum atomic E-state index is 13.2. The van der Waals surface area contributed by atoms with E-state index in [9.17, 15) is 14.4 Å². The van der Waals surface area contributed by atoms with Gasteiger partial charge in [0.25, 0.3) is 0 Å². The van der Waals surface area contributed by atoms with Crippen LogP contribution >= 0.6 is 0 Å². The summed E-state index contributed by atoms with van der Waals surface area (Å²) in [6.07, 6.45) is 1.69. The van der Waals surface area contributed by atoms with Gasteiger partial charge in [0, 0.05) is 23.8 Å². The van der Waals surface area contributed by atoms with Gasteiger partial charge < -0.3 is 5.32 Å². The summed E-state index contributed by atoms with van der Waals surface area (Å²) in [5, 5.41) is 6.32. The minimum atomic E-state index is -1.15. The highest BCUT2D eigenvalue weighted by atomic mass is 16.2. The van der Waals surface area contributed by atoms with E-state index in [-0.39, 0.29) is 23.8 Å². The first-order chi connectivity index (χ1) is 12.3. The molecule has 3 aliphatic rings. The number of imide groups is 1. The maximum Gasteiger partial charge on any atom is 0.250 e. The number of unbranched alkanes of at least 4 members (excludes halogenated alkanes) is 1. The van der Waals surface area contributed by atoms with Gasteiger partial charge in [0.2, 0.25) is 17.7 Å². The van der Waals surface area contributed by atoms with E-state index in [1.165, 1.54) is 4.90 Å². The molecule has 0 saturated carbocycles. The average Bonchev–Trinajstić information content (AvgIpc) is 3.16. The Morgan fingerprint density at radius 3 is 2.58 bits per heavy atom. The number of carbonyl (C=O) groups is 3. The minimum Gasteiger partial charge on any atom is -0.324 e. The third kappa shape index (κ3) is 1.93. The second-order valence-electron chi connectivity index (χ2n) is 7.81. The van der Waals surface area contributed by atoms with Gasteiger partial charge in [-0.05, 0) is 38.3 Å². The van der Waals surface area contributed by atoms with Crippen molar-refractivity contribution in [1.82, 2.24) is 10.2 Å². The van der Waals surface area contributed by atoms with E-state index in [1.54, 1.807) is 0 Å². The number of hydrogen-bond donors (Lipinski definition) is 2. The Bertz CT molecular complexity index is 834. The molecule has 26 heavy (non-hydrogen) atoms. The standard InChI is InChI=1S/C20H25N3O3/c1-5-6-9-23-17(24)14-12(4)22-20(15(14)18(23)25)13-8-7-10(2)11(3)16(13)21-19(20)26/h7-8,12,14-15,22H,5-6,9H2,1-4H3,(H,21,26)/t12-,14-,15+,20+/m1/s1. The molecule has 4 rings (SSSR count). The number of amides is 3. The SMILES string of the molecule is CCCCN1C(=O)[C@H]2[C@@H](C1=O)[C@]1(N[C@@H]2C)C(=O)Nc2c1ccc(C)c2C. The van der Waals surface area contributed by atoms with Gasteiger partial charge >= 0.3 is 0 Å². The Hall–Kier alpha value is -2.21. The van der Waals surface area contributed by atoms with Crippen molar-refractivity contribution in [1.29, 1.82) is 0 Å². The van der Waals surface area contributed by atoms with Crippen molar-refractivity contribution < 1.29 is 14.4 Å². The van der Waals surface area contributed by atoms with E-state index in [2.05, 4.69) is 10.6 Å². The zero-order valence-electron chi connectivity index (χ0n) is 15.7. The predicted molar refractivity (Wildman–Crippen MR) is 97.4 cm³/mol. The number of fused-ring (bicyclic) bond motifs is 4. The summed E-state index contributed by atoms with van der Waals surface area (Å²) in [4.78, 5) is 40.6. The first-order valence-corrected chi connectivity index (χ1v) is 9.39. The van der Waals surface area contributed by atoms with Crippen LogP contribution in [-0.2, 0) is 19.9 Å². The molecule has 0 aliphatic carbocycles. The fraction of sp³-hybridized carbons (Fsp3) is 0.550. The Labute approximate surface area is 153 Å². The molecule has 2 N–H and O–H groups in total. The molecule has 1 aromatic rings. The molecule has 2 saturated heterocycles. The lowest BCUT2D eigenvalue weighted by Gasteiger charge is -2.29. The number of likely N-dealkylation sites (tertiary alicyclic amines) is 1. The van der Waals surface area contributed by atoms with Crippen molar-refractivity contribution in [2.45, 2.75) is 52.1 Å². The largest absolute Gasteiger partial charge is 0.324 e. The number of hydrogen-bond acceptors (Lipinski definition) is 4. The number of rotatable bonds is 3. The van der Waals surface area contributed by atoms with Crippen LogP contribution in [0.25, 0.3) is 0 Å². The van der Waals surface area contributed by atoms with Crippen LogP contribution in [0.1, 0.15) is 43.4 Å². The zero-order chi connectivity index (χ0) is 18.8. The second kappa shape index (κ2) is 5.64. The van der Waals surface area contributed by atoms with Crippen LogP contribution in [0.3, 0.4) is 0 Å². The van der Waals surface area contributed by atoms with Gasteiger partial charge in [-0.15, -0.1) is 0 Å². The van der Waals surface area contributed by atoms with Crippen LogP contribution in [0.4, 0.5) is 5.69 Å². The molecular formula is C20H25N3O3. The third-order valence-corrected chi connectivity index (χ3v) is 6.40. The predicted octanol–water partition coefficient (Wildman–Crippen LogP) is 1.84. The van der Waals surface area contributed by atoms with Crippen molar-refractivity contribution in [3.63, 3.8) is 0 Å². The van der Waals surface area contributed by atoms with Gasteiger partial charge in [-0.2, -0.15) is 0 Å². The number of carbonyl (C=O) groups excluding carboxylic acids is 3. The lowest BCUT2D eigenvalue weighted by atomic mass is 9.76. The van der Waals surface area contributed by atoms with Gasteiger partial charge in [-0.3, -0.25) is 24.6 Å². The number of nitrogens with zero attached hydrogens (tertiary/aromatic N) is 1. The van der Waals surface area contributed by atoms with E-state index < -0.39 is 17.4 Å². The molecule has 2 fully saturated rings. The first kappa shape index (κ1) is 17.2. The zero-order valence-corrected chi connectivity index (χ0v) is 15.7. The third-order valence-electron chi connectivity index (χ3n) is 6.40. The molecule has 3 amide bonds. The molecule has 3 heterocycles. The second-order valence-corrected chi connectivity index (χ2v) is 7.81. The summed E-state index contributed by atoms with van der Waals surface area (Å²) in [5.74, 6) is -1.75. The molecule has 6 heteroatoms. The molecule has 0 aromatic heterocycles. The van der Waals surface area contributed by atoms with Crippen LogP contribution in [0.5, 0.6) is 0 Å². The molecule has 3 aliphatic heterocycles. The van der Waals surface area contributed by atoms with Crippen LogP contribution in [0.15, 0.2) is 12.1 Å². The fourth-order valence-corrected chi connectivity index (χ4v) is 4.88. The van der Waals surface area contributed by atoms with E-state index in [0.717, 1.165) is 35.2 Å². The fourth-order valence-electron chi connectivity index (χ4n) is 4.88. The van der Waals surface area contributed by atoms with Crippen LogP contribution in [0, 0.1) is 25.7 Å². The Morgan fingerprint density at radius 2 is 1.88 bits per heavy atom. The van der Waals surface area contributed by atoms with Gasteiger partial charge in [0.05, 0.1) is 11.8 Å². The molecule has 0 radical (unpaired) electrons. The number of nitrogens with one attached hydrogen (secondary N) is 2. The maximum absolute atomic E-state index is 13.2. The Balaban J connectivity index is 1.85. The van der Waals surface area contributed by atoms with Gasteiger partial charge in [0.1, 0.15) is 5.54 Å². The van der Waals surface area contributed by atoms with Crippen molar-refractivity contribution in [3.05, 3.63) is 28.8 Å². The minimum absolute atomic E-state index is 0.143. The summed E-state index contributed by atoms with van der Waals surface area (Å²) in [5.41, 5.74) is 2.52. The number of anilines is 1. The van der Waals surface area contributed by atoms with E-state index in [1.807, 2.05) is 39.8 Å². The monoisotopic (exact) mass is 355 g/mol. The van der Waals surface area contributed by atoms with E-state index >= 15 is 0 Å².